The molecule has 4 nitrogen and oxygen atoms in total. The molecular formula is C20H23F2N3O. The van der Waals surface area contributed by atoms with E-state index < -0.39 is 11.6 Å². The zero-order valence-electron chi connectivity index (χ0n) is 14.8. The number of hydrogen-bond acceptors (Lipinski definition) is 3. The second kappa shape index (κ2) is 7.93. The highest BCUT2D eigenvalue weighted by Gasteiger charge is 2.26. The summed E-state index contributed by atoms with van der Waals surface area (Å²) in [7, 11) is 0. The summed E-state index contributed by atoms with van der Waals surface area (Å²) in [5, 5.41) is 0. The van der Waals surface area contributed by atoms with Crippen LogP contribution in [0.3, 0.4) is 0 Å². The van der Waals surface area contributed by atoms with E-state index in [1.807, 2.05) is 24.0 Å². The Morgan fingerprint density at radius 3 is 2.31 bits per heavy atom. The van der Waals surface area contributed by atoms with E-state index in [9.17, 15) is 13.6 Å². The van der Waals surface area contributed by atoms with Crippen molar-refractivity contribution >= 4 is 5.91 Å². The number of nitrogens with zero attached hydrogens (tertiary/aromatic N) is 2. The van der Waals surface area contributed by atoms with Gasteiger partial charge in [0.25, 0.3) is 5.91 Å². The summed E-state index contributed by atoms with van der Waals surface area (Å²) >= 11 is 0. The summed E-state index contributed by atoms with van der Waals surface area (Å²) in [6.45, 7) is 4.79. The predicted octanol–water partition coefficient (Wildman–Crippen LogP) is 2.94. The van der Waals surface area contributed by atoms with E-state index >= 15 is 0 Å². The number of carbonyl (C=O) groups is 1. The third kappa shape index (κ3) is 3.92. The first-order chi connectivity index (χ1) is 12.5. The monoisotopic (exact) mass is 359 g/mol. The van der Waals surface area contributed by atoms with Crippen molar-refractivity contribution < 1.29 is 13.6 Å². The van der Waals surface area contributed by atoms with Gasteiger partial charge in [0, 0.05) is 56.0 Å². The average molecular weight is 359 g/mol. The maximum Gasteiger partial charge on any atom is 0.253 e. The molecule has 26 heavy (non-hydrogen) atoms. The first kappa shape index (κ1) is 18.5. The molecule has 1 saturated heterocycles. The number of amides is 1. The molecule has 0 bridgehead atoms. The Morgan fingerprint density at radius 2 is 1.73 bits per heavy atom. The van der Waals surface area contributed by atoms with Crippen LogP contribution in [0.5, 0.6) is 0 Å². The second-order valence-electron chi connectivity index (χ2n) is 6.57. The molecule has 2 N–H and O–H groups in total. The third-order valence-electron chi connectivity index (χ3n) is 5.00. The molecule has 3 rings (SSSR count). The zero-order valence-corrected chi connectivity index (χ0v) is 14.8. The quantitative estimate of drug-likeness (QED) is 0.913. The van der Waals surface area contributed by atoms with Gasteiger partial charge in [0.05, 0.1) is 0 Å². The Hall–Kier alpha value is -2.31. The summed E-state index contributed by atoms with van der Waals surface area (Å²) in [5.41, 5.74) is 7.69. The van der Waals surface area contributed by atoms with Gasteiger partial charge in [-0.25, -0.2) is 8.78 Å². The number of carbonyl (C=O) groups excluding carboxylic acids is 1. The molecule has 2 aromatic rings. The molecular weight excluding hydrogens is 336 g/mol. The fourth-order valence-corrected chi connectivity index (χ4v) is 3.32. The number of hydrogen-bond donors (Lipinski definition) is 1. The predicted molar refractivity (Wildman–Crippen MR) is 96.6 cm³/mol. The SMILES string of the molecule is CC(c1ccc(F)cc1F)N1CCN(C(=O)c2ccc(CN)cc2)CC1. The molecule has 138 valence electrons. The molecule has 1 amide bonds. The number of piperazine rings is 1. The number of rotatable bonds is 4. The lowest BCUT2D eigenvalue weighted by Gasteiger charge is -2.38. The van der Waals surface area contributed by atoms with Crippen LogP contribution in [0.4, 0.5) is 8.78 Å². The Morgan fingerprint density at radius 1 is 1.08 bits per heavy atom. The molecule has 1 aliphatic heterocycles. The van der Waals surface area contributed by atoms with Gasteiger partial charge in [-0.15, -0.1) is 0 Å². The van der Waals surface area contributed by atoms with Crippen LogP contribution in [0.15, 0.2) is 42.5 Å². The highest BCUT2D eigenvalue weighted by Crippen LogP contribution is 2.25. The van der Waals surface area contributed by atoms with E-state index in [1.54, 1.807) is 12.1 Å². The van der Waals surface area contributed by atoms with Gasteiger partial charge in [-0.2, -0.15) is 0 Å². The summed E-state index contributed by atoms with van der Waals surface area (Å²) < 4.78 is 27.1. The minimum atomic E-state index is -0.575. The van der Waals surface area contributed by atoms with E-state index in [2.05, 4.69) is 4.90 Å². The van der Waals surface area contributed by atoms with Crippen LogP contribution in [0.2, 0.25) is 0 Å². The molecule has 0 aliphatic carbocycles. The first-order valence-electron chi connectivity index (χ1n) is 8.77. The Kier molecular flexibility index (Phi) is 5.64. The highest BCUT2D eigenvalue weighted by atomic mass is 19.1. The van der Waals surface area contributed by atoms with Gasteiger partial charge < -0.3 is 10.6 Å². The molecule has 6 heteroatoms. The largest absolute Gasteiger partial charge is 0.336 e. The van der Waals surface area contributed by atoms with Crippen LogP contribution in [0, 0.1) is 11.6 Å². The second-order valence-corrected chi connectivity index (χ2v) is 6.57. The number of halogens is 2. The summed E-state index contributed by atoms with van der Waals surface area (Å²) in [4.78, 5) is 16.5. The molecule has 2 aromatic carbocycles. The molecule has 0 spiro atoms. The van der Waals surface area contributed by atoms with Crippen LogP contribution in [0.25, 0.3) is 0 Å². The molecule has 1 aliphatic rings. The topological polar surface area (TPSA) is 49.6 Å². The normalized spacial score (nSPS) is 16.5. The van der Waals surface area contributed by atoms with Gasteiger partial charge in [-0.05, 0) is 30.7 Å². The van der Waals surface area contributed by atoms with Crippen molar-refractivity contribution in [2.24, 2.45) is 5.73 Å². The van der Waals surface area contributed by atoms with Gasteiger partial charge >= 0.3 is 0 Å². The average Bonchev–Trinajstić information content (AvgIpc) is 2.67. The smallest absolute Gasteiger partial charge is 0.253 e. The Bertz CT molecular complexity index is 771. The van der Waals surface area contributed by atoms with Crippen molar-refractivity contribution in [2.75, 3.05) is 26.2 Å². The van der Waals surface area contributed by atoms with Crippen molar-refractivity contribution in [3.63, 3.8) is 0 Å². The summed E-state index contributed by atoms with van der Waals surface area (Å²) in [5.74, 6) is -1.11. The van der Waals surface area contributed by atoms with Crippen molar-refractivity contribution in [1.82, 2.24) is 9.80 Å². The number of benzene rings is 2. The summed E-state index contributed by atoms with van der Waals surface area (Å²) in [6.07, 6.45) is 0. The maximum atomic E-state index is 14.0. The fourth-order valence-electron chi connectivity index (χ4n) is 3.32. The highest BCUT2D eigenvalue weighted by molar-refractivity contribution is 5.94. The molecule has 1 unspecified atom stereocenters. The van der Waals surface area contributed by atoms with Gasteiger partial charge in [0.15, 0.2) is 0 Å². The van der Waals surface area contributed by atoms with Gasteiger partial charge in [0.1, 0.15) is 11.6 Å². The minimum absolute atomic E-state index is 0.00571. The molecule has 1 fully saturated rings. The van der Waals surface area contributed by atoms with Gasteiger partial charge in [0.2, 0.25) is 0 Å². The van der Waals surface area contributed by atoms with E-state index in [4.69, 9.17) is 5.73 Å². The van der Waals surface area contributed by atoms with Crippen LogP contribution in [0.1, 0.15) is 34.5 Å². The van der Waals surface area contributed by atoms with Crippen molar-refractivity contribution in [1.29, 1.82) is 0 Å². The lowest BCUT2D eigenvalue weighted by molar-refractivity contribution is 0.0579. The van der Waals surface area contributed by atoms with Gasteiger partial charge in [-0.3, -0.25) is 9.69 Å². The van der Waals surface area contributed by atoms with Crippen molar-refractivity contribution in [3.8, 4) is 0 Å². The molecule has 1 heterocycles. The van der Waals surface area contributed by atoms with Crippen molar-refractivity contribution in [3.05, 3.63) is 70.8 Å². The van der Waals surface area contributed by atoms with Crippen LogP contribution >= 0.6 is 0 Å². The van der Waals surface area contributed by atoms with E-state index in [0.717, 1.165) is 11.6 Å². The molecule has 0 aromatic heterocycles. The maximum absolute atomic E-state index is 14.0. The third-order valence-corrected chi connectivity index (χ3v) is 5.00. The molecule has 0 radical (unpaired) electrons. The lowest BCUT2D eigenvalue weighted by Crippen LogP contribution is -2.49. The standard InChI is InChI=1S/C20H23F2N3O/c1-14(18-7-6-17(21)12-19(18)22)24-8-10-25(11-9-24)20(26)16-4-2-15(13-23)3-5-16/h2-7,12,14H,8-11,13,23H2,1H3. The lowest BCUT2D eigenvalue weighted by atomic mass is 10.0. The Labute approximate surface area is 152 Å². The summed E-state index contributed by atoms with van der Waals surface area (Å²) in [6, 6.07) is 10.8. The minimum Gasteiger partial charge on any atom is -0.336 e. The molecule has 1 atom stereocenters. The van der Waals surface area contributed by atoms with Gasteiger partial charge in [-0.1, -0.05) is 18.2 Å². The fraction of sp³-hybridized carbons (Fsp3) is 0.350. The van der Waals surface area contributed by atoms with E-state index in [0.29, 0.717) is 43.9 Å². The first-order valence-corrected chi connectivity index (χ1v) is 8.77. The molecule has 0 saturated carbocycles. The zero-order chi connectivity index (χ0) is 18.7. The van der Waals surface area contributed by atoms with Crippen LogP contribution < -0.4 is 5.73 Å². The number of nitrogens with two attached hydrogens (primary N) is 1. The van der Waals surface area contributed by atoms with E-state index in [1.165, 1.54) is 12.1 Å². The van der Waals surface area contributed by atoms with Crippen LogP contribution in [-0.2, 0) is 6.54 Å². The van der Waals surface area contributed by atoms with Crippen molar-refractivity contribution in [2.45, 2.75) is 19.5 Å². The van der Waals surface area contributed by atoms with Crippen LogP contribution in [-0.4, -0.2) is 41.9 Å². The van der Waals surface area contributed by atoms with E-state index in [-0.39, 0.29) is 11.9 Å². The Balaban J connectivity index is 1.62.